The van der Waals surface area contributed by atoms with Crippen LogP contribution in [0.5, 0.6) is 0 Å². The lowest BCUT2D eigenvalue weighted by Crippen LogP contribution is -2.68. The van der Waals surface area contributed by atoms with Crippen molar-refractivity contribution in [2.24, 2.45) is 5.73 Å². The Morgan fingerprint density at radius 1 is 1.36 bits per heavy atom. The van der Waals surface area contributed by atoms with Gasteiger partial charge >= 0.3 is 18.1 Å². The lowest BCUT2D eigenvalue weighted by Gasteiger charge is -2.47. The largest absolute Gasteiger partial charge is 0.490 e. The molecule has 3 rings (SSSR count). The second-order valence-corrected chi connectivity index (χ2v) is 6.73. The summed E-state index contributed by atoms with van der Waals surface area (Å²) in [5.74, 6) is -3.64. The van der Waals surface area contributed by atoms with Gasteiger partial charge in [0.1, 0.15) is 17.1 Å². The highest BCUT2D eigenvalue weighted by Gasteiger charge is 2.52. The zero-order valence-electron chi connectivity index (χ0n) is 12.1. The van der Waals surface area contributed by atoms with E-state index in [0.29, 0.717) is 11.3 Å². The van der Waals surface area contributed by atoms with E-state index in [1.807, 2.05) is 0 Å². The Hall–Kier alpha value is -2.12. The lowest BCUT2D eigenvalue weighted by molar-refractivity contribution is -0.192. The van der Waals surface area contributed by atoms with E-state index in [1.54, 1.807) is 11.7 Å². The van der Waals surface area contributed by atoms with E-state index < -0.39 is 24.2 Å². The third-order valence-corrected chi connectivity index (χ3v) is 5.32. The van der Waals surface area contributed by atoms with Crippen LogP contribution in [0, 0.1) is 0 Å². The summed E-state index contributed by atoms with van der Waals surface area (Å²) < 4.78 is 31.7. The second kappa shape index (κ2) is 7.01. The summed E-state index contributed by atoms with van der Waals surface area (Å²) in [6.45, 7) is 0. The predicted molar refractivity (Wildman–Crippen MR) is 81.4 cm³/mol. The number of fused-ring (bicyclic) bond motifs is 1. The quantitative estimate of drug-likeness (QED) is 0.625. The Kier molecular flexibility index (Phi) is 5.39. The molecule has 1 fully saturated rings. The van der Waals surface area contributed by atoms with Gasteiger partial charge in [-0.15, -0.1) is 23.1 Å². The molecule has 1 saturated heterocycles. The molecule has 0 aliphatic carbocycles. The van der Waals surface area contributed by atoms with Gasteiger partial charge < -0.3 is 15.9 Å². The van der Waals surface area contributed by atoms with E-state index in [4.69, 9.17) is 15.6 Å². The molecule has 136 valence electrons. The number of thioether (sulfide) groups is 1. The van der Waals surface area contributed by atoms with Gasteiger partial charge in [-0.05, 0) is 0 Å². The van der Waals surface area contributed by atoms with Crippen LogP contribution in [0.4, 0.5) is 13.2 Å². The molecule has 2 unspecified atom stereocenters. The highest BCUT2D eigenvalue weighted by atomic mass is 32.2. The Labute approximate surface area is 146 Å². The fraction of sp³-hybridized carbons (Fsp3) is 0.333. The average molecular weight is 397 g/mol. The molecular weight excluding hydrogens is 387 g/mol. The average Bonchev–Trinajstić information content (AvgIpc) is 3.06. The molecule has 2 aliphatic rings. The topological polar surface area (TPSA) is 134 Å². The van der Waals surface area contributed by atoms with Crippen LogP contribution in [-0.4, -0.2) is 61.3 Å². The summed E-state index contributed by atoms with van der Waals surface area (Å²) in [5.41, 5.74) is 8.00. The zero-order chi connectivity index (χ0) is 18.9. The molecule has 4 N–H and O–H groups in total. The van der Waals surface area contributed by atoms with Gasteiger partial charge in [-0.3, -0.25) is 14.7 Å². The minimum atomic E-state index is -5.08. The molecule has 0 aromatic carbocycles. The SMILES string of the molecule is NC1C(=O)N2C(C(=O)O)=C(c3cncs3)CSC12.O=C(O)C(F)(F)F. The van der Waals surface area contributed by atoms with Crippen molar-refractivity contribution in [1.82, 2.24) is 9.88 Å². The van der Waals surface area contributed by atoms with Crippen molar-refractivity contribution < 1.29 is 37.8 Å². The summed E-state index contributed by atoms with van der Waals surface area (Å²) in [6.07, 6.45) is -3.46. The number of carboxylic acid groups (broad SMARTS) is 2. The second-order valence-electron chi connectivity index (χ2n) is 4.74. The molecule has 1 aromatic rings. The Morgan fingerprint density at radius 3 is 2.40 bits per heavy atom. The smallest absolute Gasteiger partial charge is 0.477 e. The first-order chi connectivity index (χ1) is 11.6. The van der Waals surface area contributed by atoms with Crippen LogP contribution >= 0.6 is 23.1 Å². The van der Waals surface area contributed by atoms with E-state index in [2.05, 4.69) is 4.98 Å². The molecule has 8 nitrogen and oxygen atoms in total. The van der Waals surface area contributed by atoms with Crippen molar-refractivity contribution in [3.8, 4) is 0 Å². The van der Waals surface area contributed by atoms with Crippen molar-refractivity contribution in [3.05, 3.63) is 22.3 Å². The van der Waals surface area contributed by atoms with E-state index in [0.717, 1.165) is 4.88 Å². The van der Waals surface area contributed by atoms with Crippen LogP contribution in [0.3, 0.4) is 0 Å². The van der Waals surface area contributed by atoms with Gasteiger partial charge in [0.15, 0.2) is 0 Å². The van der Waals surface area contributed by atoms with Crippen LogP contribution in [0.15, 0.2) is 17.4 Å². The van der Waals surface area contributed by atoms with Crippen LogP contribution in [0.2, 0.25) is 0 Å². The number of thiazole rings is 1. The maximum Gasteiger partial charge on any atom is 0.490 e. The molecule has 2 atom stereocenters. The normalized spacial score (nSPS) is 22.6. The minimum Gasteiger partial charge on any atom is -0.477 e. The lowest BCUT2D eigenvalue weighted by atomic mass is 10.0. The first-order valence-corrected chi connectivity index (χ1v) is 8.34. The van der Waals surface area contributed by atoms with Gasteiger partial charge in [0.2, 0.25) is 5.91 Å². The number of aromatic nitrogens is 1. The summed E-state index contributed by atoms with van der Waals surface area (Å²) in [4.78, 5) is 38.0. The molecule has 2 aliphatic heterocycles. The number of amides is 1. The maximum absolute atomic E-state index is 11.7. The fourth-order valence-electron chi connectivity index (χ4n) is 2.07. The van der Waals surface area contributed by atoms with Crippen molar-refractivity contribution >= 4 is 46.5 Å². The Morgan fingerprint density at radius 2 is 1.96 bits per heavy atom. The van der Waals surface area contributed by atoms with E-state index >= 15 is 0 Å². The first-order valence-electron chi connectivity index (χ1n) is 6.41. The predicted octanol–water partition coefficient (Wildman–Crippen LogP) is 0.815. The van der Waals surface area contributed by atoms with Crippen molar-refractivity contribution in [1.29, 1.82) is 0 Å². The number of aliphatic carboxylic acids is 2. The van der Waals surface area contributed by atoms with Gasteiger partial charge in [-0.2, -0.15) is 13.2 Å². The number of rotatable bonds is 2. The molecule has 0 saturated carbocycles. The van der Waals surface area contributed by atoms with E-state index in [-0.39, 0.29) is 17.0 Å². The third-order valence-electron chi connectivity index (χ3n) is 3.18. The Bertz CT molecular complexity index is 735. The van der Waals surface area contributed by atoms with Gasteiger partial charge in [-0.1, -0.05) is 0 Å². The van der Waals surface area contributed by atoms with Gasteiger partial charge in [-0.25, -0.2) is 9.59 Å². The van der Waals surface area contributed by atoms with E-state index in [1.165, 1.54) is 28.0 Å². The number of nitrogens with two attached hydrogens (primary N) is 1. The molecule has 25 heavy (non-hydrogen) atoms. The van der Waals surface area contributed by atoms with Crippen LogP contribution in [0.25, 0.3) is 5.57 Å². The van der Waals surface area contributed by atoms with Crippen molar-refractivity contribution in [2.75, 3.05) is 5.75 Å². The number of nitrogens with zero attached hydrogens (tertiary/aromatic N) is 2. The molecular formula is C12H10F3N3O5S2. The molecule has 13 heteroatoms. The number of hydrogen-bond acceptors (Lipinski definition) is 7. The highest BCUT2D eigenvalue weighted by Crippen LogP contribution is 2.43. The maximum atomic E-state index is 11.7. The molecule has 3 heterocycles. The summed E-state index contributed by atoms with van der Waals surface area (Å²) in [6, 6.07) is -0.590. The minimum absolute atomic E-state index is 0.0506. The molecule has 0 spiro atoms. The van der Waals surface area contributed by atoms with Gasteiger partial charge in [0.05, 0.1) is 10.4 Å². The first kappa shape index (κ1) is 19.2. The molecule has 1 aromatic heterocycles. The summed E-state index contributed by atoms with van der Waals surface area (Å²) in [7, 11) is 0. The summed E-state index contributed by atoms with van der Waals surface area (Å²) >= 11 is 2.86. The number of alkyl halides is 3. The molecule has 1 amide bonds. The number of halogens is 3. The van der Waals surface area contributed by atoms with Gasteiger partial charge in [0.25, 0.3) is 0 Å². The Balaban J connectivity index is 0.000000277. The highest BCUT2D eigenvalue weighted by molar-refractivity contribution is 8.00. The number of carboxylic acids is 2. The number of hydrogen-bond donors (Lipinski definition) is 3. The fourth-order valence-corrected chi connectivity index (χ4v) is 4.14. The van der Waals surface area contributed by atoms with Crippen LogP contribution in [-0.2, 0) is 14.4 Å². The van der Waals surface area contributed by atoms with Gasteiger partial charge in [0, 0.05) is 17.5 Å². The van der Waals surface area contributed by atoms with Crippen LogP contribution < -0.4 is 5.73 Å². The number of carbonyl (C=O) groups is 3. The van der Waals surface area contributed by atoms with E-state index in [9.17, 15) is 27.9 Å². The molecule has 0 radical (unpaired) electrons. The molecule has 0 bridgehead atoms. The number of carbonyl (C=O) groups excluding carboxylic acids is 1. The van der Waals surface area contributed by atoms with Crippen molar-refractivity contribution in [3.63, 3.8) is 0 Å². The standard InChI is InChI=1S/C10H9N3O3S2.C2HF3O2/c11-6-8(14)13-7(10(15)16)4(2-17-9(6)13)5-1-12-3-18-5;3-2(4,5)1(6)7/h1,3,6,9H,2,11H2,(H,15,16);(H,6,7). The third kappa shape index (κ3) is 3.77. The van der Waals surface area contributed by atoms with Crippen molar-refractivity contribution in [2.45, 2.75) is 17.6 Å². The number of β-lactam (4-membered cyclic amide) rings is 1. The van der Waals surface area contributed by atoms with Crippen LogP contribution in [0.1, 0.15) is 4.88 Å². The zero-order valence-corrected chi connectivity index (χ0v) is 13.7. The summed E-state index contributed by atoms with van der Waals surface area (Å²) in [5, 5.41) is 16.2. The monoisotopic (exact) mass is 397 g/mol.